The second kappa shape index (κ2) is 7.46. The average molecular weight is 255 g/mol. The molecule has 0 aliphatic carbocycles. The van der Waals surface area contributed by atoms with E-state index in [0.29, 0.717) is 5.54 Å². The van der Waals surface area contributed by atoms with Crippen LogP contribution in [-0.2, 0) is 0 Å². The molecule has 0 saturated carbocycles. The van der Waals surface area contributed by atoms with Crippen molar-refractivity contribution < 1.29 is 0 Å². The molecular formula is C15H33N3. The summed E-state index contributed by atoms with van der Waals surface area (Å²) in [6.07, 6.45) is 2.62. The van der Waals surface area contributed by atoms with Gasteiger partial charge in [0.1, 0.15) is 0 Å². The highest BCUT2D eigenvalue weighted by Gasteiger charge is 2.27. The second-order valence-electron chi connectivity index (χ2n) is 6.54. The Bertz CT molecular complexity index is 214. The Hall–Kier alpha value is -0.120. The molecular weight excluding hydrogens is 222 g/mol. The molecule has 1 atom stereocenters. The molecule has 1 N–H and O–H groups in total. The van der Waals surface area contributed by atoms with E-state index in [-0.39, 0.29) is 0 Å². The van der Waals surface area contributed by atoms with E-state index in [0.717, 1.165) is 12.6 Å². The first-order valence-electron chi connectivity index (χ1n) is 7.65. The number of hydrogen-bond donors (Lipinski definition) is 1. The lowest BCUT2D eigenvalue weighted by atomic mass is 10.0. The van der Waals surface area contributed by atoms with E-state index in [1.54, 1.807) is 0 Å². The summed E-state index contributed by atoms with van der Waals surface area (Å²) in [6, 6.07) is 0.741. The van der Waals surface area contributed by atoms with E-state index >= 15 is 0 Å². The lowest BCUT2D eigenvalue weighted by molar-refractivity contribution is 0.0435. The second-order valence-corrected chi connectivity index (χ2v) is 6.54. The summed E-state index contributed by atoms with van der Waals surface area (Å²) in [5, 5.41) is 3.41. The molecule has 18 heavy (non-hydrogen) atoms. The Kier molecular flexibility index (Phi) is 6.61. The maximum Gasteiger partial charge on any atom is 0.0126 e. The molecule has 0 radical (unpaired) electrons. The summed E-state index contributed by atoms with van der Waals surface area (Å²) < 4.78 is 0. The van der Waals surface area contributed by atoms with Gasteiger partial charge in [-0.3, -0.25) is 9.80 Å². The Morgan fingerprint density at radius 3 is 2.22 bits per heavy atom. The van der Waals surface area contributed by atoms with Gasteiger partial charge >= 0.3 is 0 Å². The molecule has 0 amide bonds. The predicted molar refractivity (Wildman–Crippen MR) is 80.1 cm³/mol. The van der Waals surface area contributed by atoms with Crippen LogP contribution in [0, 0.1) is 0 Å². The van der Waals surface area contributed by atoms with Crippen molar-refractivity contribution in [2.75, 3.05) is 39.3 Å². The van der Waals surface area contributed by atoms with Crippen LogP contribution in [0.3, 0.4) is 0 Å². The largest absolute Gasteiger partial charge is 0.317 e. The summed E-state index contributed by atoms with van der Waals surface area (Å²) in [5.41, 5.74) is 0.334. The van der Waals surface area contributed by atoms with Crippen LogP contribution in [0.1, 0.15) is 47.5 Å². The molecule has 3 heteroatoms. The molecule has 0 spiro atoms. The Morgan fingerprint density at radius 2 is 1.72 bits per heavy atom. The van der Waals surface area contributed by atoms with Crippen molar-refractivity contribution in [1.82, 2.24) is 15.1 Å². The minimum absolute atomic E-state index is 0.334. The standard InChI is InChI=1S/C15H33N3/c1-6-16-9-7-8-14(2)17-10-12-18(13-11-17)15(3,4)5/h14,16H,6-13H2,1-5H3. The molecule has 1 heterocycles. The smallest absolute Gasteiger partial charge is 0.0126 e. The van der Waals surface area contributed by atoms with E-state index < -0.39 is 0 Å². The zero-order valence-electron chi connectivity index (χ0n) is 13.1. The maximum atomic E-state index is 3.41. The zero-order valence-corrected chi connectivity index (χ0v) is 13.1. The van der Waals surface area contributed by atoms with Crippen molar-refractivity contribution in [1.29, 1.82) is 0 Å². The van der Waals surface area contributed by atoms with Crippen LogP contribution in [0.4, 0.5) is 0 Å². The van der Waals surface area contributed by atoms with Gasteiger partial charge in [-0.25, -0.2) is 0 Å². The van der Waals surface area contributed by atoms with E-state index in [4.69, 9.17) is 0 Å². The highest BCUT2D eigenvalue weighted by molar-refractivity contribution is 4.83. The van der Waals surface area contributed by atoms with Gasteiger partial charge in [-0.2, -0.15) is 0 Å². The number of piperazine rings is 1. The molecule has 0 aromatic rings. The molecule has 108 valence electrons. The quantitative estimate of drug-likeness (QED) is 0.734. The first-order chi connectivity index (χ1) is 8.45. The van der Waals surface area contributed by atoms with Crippen molar-refractivity contribution in [3.63, 3.8) is 0 Å². The molecule has 1 unspecified atom stereocenters. The van der Waals surface area contributed by atoms with Gasteiger partial charge in [0.25, 0.3) is 0 Å². The molecule has 0 bridgehead atoms. The molecule has 1 aliphatic heterocycles. The normalized spacial score (nSPS) is 21.2. The SMILES string of the molecule is CCNCCCC(C)N1CCN(C(C)(C)C)CC1. The summed E-state index contributed by atoms with van der Waals surface area (Å²) in [5.74, 6) is 0. The Morgan fingerprint density at radius 1 is 1.11 bits per heavy atom. The molecule has 0 aromatic carbocycles. The van der Waals surface area contributed by atoms with Crippen molar-refractivity contribution in [2.24, 2.45) is 0 Å². The predicted octanol–water partition coefficient (Wildman–Crippen LogP) is 2.18. The minimum Gasteiger partial charge on any atom is -0.317 e. The lowest BCUT2D eigenvalue weighted by Crippen LogP contribution is -2.55. The highest BCUT2D eigenvalue weighted by atomic mass is 15.3. The molecule has 1 saturated heterocycles. The third-order valence-corrected chi connectivity index (χ3v) is 4.11. The number of nitrogens with zero attached hydrogens (tertiary/aromatic N) is 2. The summed E-state index contributed by atoms with van der Waals surface area (Å²) in [6.45, 7) is 18.7. The van der Waals surface area contributed by atoms with Gasteiger partial charge in [-0.05, 0) is 53.6 Å². The summed E-state index contributed by atoms with van der Waals surface area (Å²) in [7, 11) is 0. The van der Waals surface area contributed by atoms with Crippen LogP contribution in [-0.4, -0.2) is 60.6 Å². The summed E-state index contributed by atoms with van der Waals surface area (Å²) >= 11 is 0. The van der Waals surface area contributed by atoms with Crippen LogP contribution < -0.4 is 5.32 Å². The van der Waals surface area contributed by atoms with Crippen LogP contribution in [0.25, 0.3) is 0 Å². The van der Waals surface area contributed by atoms with E-state index in [9.17, 15) is 0 Å². The van der Waals surface area contributed by atoms with Crippen LogP contribution in [0.15, 0.2) is 0 Å². The van der Waals surface area contributed by atoms with Crippen LogP contribution in [0.5, 0.6) is 0 Å². The van der Waals surface area contributed by atoms with E-state index in [1.165, 1.54) is 45.6 Å². The number of hydrogen-bond acceptors (Lipinski definition) is 3. The highest BCUT2D eigenvalue weighted by Crippen LogP contribution is 2.18. The minimum atomic E-state index is 0.334. The molecule has 1 aliphatic rings. The van der Waals surface area contributed by atoms with Crippen molar-refractivity contribution in [3.8, 4) is 0 Å². The van der Waals surface area contributed by atoms with Gasteiger partial charge in [0.05, 0.1) is 0 Å². The molecule has 3 nitrogen and oxygen atoms in total. The fourth-order valence-electron chi connectivity index (χ4n) is 2.72. The lowest BCUT2D eigenvalue weighted by Gasteiger charge is -2.44. The van der Waals surface area contributed by atoms with Gasteiger partial charge in [0.2, 0.25) is 0 Å². The Labute approximate surface area is 114 Å². The number of nitrogens with one attached hydrogen (secondary N) is 1. The van der Waals surface area contributed by atoms with Gasteiger partial charge < -0.3 is 5.32 Å². The van der Waals surface area contributed by atoms with Gasteiger partial charge in [0, 0.05) is 37.8 Å². The zero-order chi connectivity index (χ0) is 13.6. The third-order valence-electron chi connectivity index (χ3n) is 4.11. The fourth-order valence-corrected chi connectivity index (χ4v) is 2.72. The summed E-state index contributed by atoms with van der Waals surface area (Å²) in [4.78, 5) is 5.27. The first-order valence-corrected chi connectivity index (χ1v) is 7.65. The topological polar surface area (TPSA) is 18.5 Å². The average Bonchev–Trinajstić information content (AvgIpc) is 2.33. The number of rotatable bonds is 6. The van der Waals surface area contributed by atoms with Crippen LogP contribution >= 0.6 is 0 Å². The first kappa shape index (κ1) is 15.9. The van der Waals surface area contributed by atoms with Crippen molar-refractivity contribution in [2.45, 2.75) is 59.0 Å². The third kappa shape index (κ3) is 5.25. The fraction of sp³-hybridized carbons (Fsp3) is 1.00. The molecule has 1 fully saturated rings. The van der Waals surface area contributed by atoms with Gasteiger partial charge in [0.15, 0.2) is 0 Å². The van der Waals surface area contributed by atoms with Gasteiger partial charge in [-0.1, -0.05) is 6.92 Å². The van der Waals surface area contributed by atoms with Crippen molar-refractivity contribution in [3.05, 3.63) is 0 Å². The van der Waals surface area contributed by atoms with E-state index in [2.05, 4.69) is 49.7 Å². The van der Waals surface area contributed by atoms with Crippen molar-refractivity contribution >= 4 is 0 Å². The van der Waals surface area contributed by atoms with Gasteiger partial charge in [-0.15, -0.1) is 0 Å². The molecule has 1 rings (SSSR count). The van der Waals surface area contributed by atoms with E-state index in [1.807, 2.05) is 0 Å². The maximum absolute atomic E-state index is 3.41. The van der Waals surface area contributed by atoms with Crippen LogP contribution in [0.2, 0.25) is 0 Å². The Balaban J connectivity index is 2.21. The molecule has 0 aromatic heterocycles. The monoisotopic (exact) mass is 255 g/mol.